The number of carboxylic acids is 1. The molecule has 0 spiro atoms. The number of carboxylic acid groups (broad SMARTS) is 1. The van der Waals surface area contributed by atoms with E-state index in [9.17, 15) is 9.59 Å². The first kappa shape index (κ1) is 13.4. The van der Waals surface area contributed by atoms with Gasteiger partial charge in [-0.3, -0.25) is 5.21 Å². The maximum atomic E-state index is 10.7. The molecule has 6 nitrogen and oxygen atoms in total. The van der Waals surface area contributed by atoms with Crippen LogP contribution in [0, 0.1) is 0 Å². The predicted octanol–water partition coefficient (Wildman–Crippen LogP) is 0.780. The standard InChI is InChI=1S/C5H10N2O2.C4H6O2/c1-2-6-3-4-7(9)5(6)8;1-3(2)4(5)6/h9H,2-4H2,1H3;1H2,2H3,(H,5,6). The minimum absolute atomic E-state index is 0.176. The van der Waals surface area contributed by atoms with Gasteiger partial charge in [0, 0.05) is 18.7 Å². The Hall–Kier alpha value is -1.56. The van der Waals surface area contributed by atoms with Gasteiger partial charge in [-0.25, -0.2) is 14.7 Å². The van der Waals surface area contributed by atoms with E-state index >= 15 is 0 Å². The molecule has 86 valence electrons. The van der Waals surface area contributed by atoms with Gasteiger partial charge in [0.1, 0.15) is 0 Å². The van der Waals surface area contributed by atoms with Crippen LogP contribution in [-0.2, 0) is 4.79 Å². The summed E-state index contributed by atoms with van der Waals surface area (Å²) in [5.74, 6) is -0.935. The maximum Gasteiger partial charge on any atom is 0.343 e. The highest BCUT2D eigenvalue weighted by molar-refractivity contribution is 5.84. The third-order valence-corrected chi connectivity index (χ3v) is 1.82. The van der Waals surface area contributed by atoms with Crippen LogP contribution in [0.2, 0.25) is 0 Å². The van der Waals surface area contributed by atoms with E-state index in [1.807, 2.05) is 6.92 Å². The molecule has 0 aromatic heterocycles. The molecule has 2 amide bonds. The lowest BCUT2D eigenvalue weighted by Crippen LogP contribution is -2.29. The molecule has 1 aliphatic heterocycles. The molecule has 0 atom stereocenters. The molecular weight excluding hydrogens is 200 g/mol. The zero-order valence-corrected chi connectivity index (χ0v) is 8.93. The van der Waals surface area contributed by atoms with Gasteiger partial charge in [0.2, 0.25) is 0 Å². The number of nitrogens with zero attached hydrogens (tertiary/aromatic N) is 2. The van der Waals surface area contributed by atoms with Crippen LogP contribution in [0.3, 0.4) is 0 Å². The van der Waals surface area contributed by atoms with Gasteiger partial charge in [-0.1, -0.05) is 6.58 Å². The van der Waals surface area contributed by atoms with Gasteiger partial charge in [0.05, 0.1) is 6.54 Å². The summed E-state index contributed by atoms with van der Waals surface area (Å²) in [5, 5.41) is 17.4. The van der Waals surface area contributed by atoms with Crippen molar-refractivity contribution in [2.45, 2.75) is 13.8 Å². The summed E-state index contributed by atoms with van der Waals surface area (Å²) < 4.78 is 0. The van der Waals surface area contributed by atoms with Crippen LogP contribution < -0.4 is 0 Å². The molecule has 0 unspecified atom stereocenters. The zero-order valence-electron chi connectivity index (χ0n) is 8.93. The topological polar surface area (TPSA) is 81.1 Å². The van der Waals surface area contributed by atoms with Crippen molar-refractivity contribution >= 4 is 12.0 Å². The number of carbonyl (C=O) groups is 2. The van der Waals surface area contributed by atoms with Crippen LogP contribution in [0.5, 0.6) is 0 Å². The molecule has 6 heteroatoms. The highest BCUT2D eigenvalue weighted by Crippen LogP contribution is 2.03. The van der Waals surface area contributed by atoms with E-state index in [0.717, 1.165) is 5.06 Å². The van der Waals surface area contributed by atoms with Crippen LogP contribution in [-0.4, -0.2) is 51.9 Å². The van der Waals surface area contributed by atoms with Gasteiger partial charge < -0.3 is 10.0 Å². The van der Waals surface area contributed by atoms with Crippen LogP contribution in [0.4, 0.5) is 4.79 Å². The summed E-state index contributed by atoms with van der Waals surface area (Å²) in [6.45, 7) is 8.25. The first-order chi connectivity index (χ1) is 6.90. The number of carbonyl (C=O) groups excluding carboxylic acids is 1. The second-order valence-electron chi connectivity index (χ2n) is 3.07. The van der Waals surface area contributed by atoms with E-state index in [-0.39, 0.29) is 11.6 Å². The normalized spacial score (nSPS) is 14.7. The summed E-state index contributed by atoms with van der Waals surface area (Å²) in [4.78, 5) is 21.9. The average molecular weight is 216 g/mol. The Balaban J connectivity index is 0.000000288. The Morgan fingerprint density at radius 2 is 2.00 bits per heavy atom. The number of rotatable bonds is 2. The molecule has 0 radical (unpaired) electrons. The summed E-state index contributed by atoms with van der Waals surface area (Å²) in [6.07, 6.45) is 0. The molecular formula is C9H16N2O4. The van der Waals surface area contributed by atoms with Gasteiger partial charge >= 0.3 is 12.0 Å². The largest absolute Gasteiger partial charge is 0.478 e. The van der Waals surface area contributed by atoms with E-state index in [1.54, 1.807) is 4.90 Å². The molecule has 0 aromatic carbocycles. The number of likely N-dealkylation sites (N-methyl/N-ethyl adjacent to an activating group) is 1. The average Bonchev–Trinajstić information content (AvgIpc) is 2.48. The highest BCUT2D eigenvalue weighted by Gasteiger charge is 2.24. The Kier molecular flexibility index (Phi) is 5.40. The second kappa shape index (κ2) is 6.02. The second-order valence-corrected chi connectivity index (χ2v) is 3.07. The van der Waals surface area contributed by atoms with E-state index in [4.69, 9.17) is 10.3 Å². The van der Waals surface area contributed by atoms with Crippen molar-refractivity contribution in [3.05, 3.63) is 12.2 Å². The molecule has 0 aliphatic carbocycles. The van der Waals surface area contributed by atoms with Gasteiger partial charge in [0.25, 0.3) is 0 Å². The molecule has 0 aromatic rings. The lowest BCUT2D eigenvalue weighted by molar-refractivity contribution is -0.132. The molecule has 15 heavy (non-hydrogen) atoms. The fourth-order valence-corrected chi connectivity index (χ4v) is 0.863. The molecule has 1 fully saturated rings. The Morgan fingerprint density at radius 1 is 1.53 bits per heavy atom. The van der Waals surface area contributed by atoms with Crippen molar-refractivity contribution in [3.8, 4) is 0 Å². The van der Waals surface area contributed by atoms with Crippen molar-refractivity contribution in [1.82, 2.24) is 9.96 Å². The molecule has 1 heterocycles. The van der Waals surface area contributed by atoms with Gasteiger partial charge in [-0.2, -0.15) is 0 Å². The van der Waals surface area contributed by atoms with E-state index in [2.05, 4.69) is 6.58 Å². The molecule has 0 saturated carbocycles. The first-order valence-electron chi connectivity index (χ1n) is 4.54. The van der Waals surface area contributed by atoms with E-state index in [1.165, 1.54) is 6.92 Å². The van der Waals surface area contributed by atoms with Crippen molar-refractivity contribution in [2.24, 2.45) is 0 Å². The van der Waals surface area contributed by atoms with Crippen molar-refractivity contribution in [1.29, 1.82) is 0 Å². The highest BCUT2D eigenvalue weighted by atomic mass is 16.5. The Morgan fingerprint density at radius 3 is 2.13 bits per heavy atom. The summed E-state index contributed by atoms with van der Waals surface area (Å²) >= 11 is 0. The SMILES string of the molecule is C=C(C)C(=O)O.CCN1CCN(O)C1=O. The minimum atomic E-state index is -0.935. The van der Waals surface area contributed by atoms with Crippen molar-refractivity contribution in [2.75, 3.05) is 19.6 Å². The number of hydrogen-bond donors (Lipinski definition) is 2. The monoisotopic (exact) mass is 216 g/mol. The lowest BCUT2D eigenvalue weighted by Gasteiger charge is -2.10. The van der Waals surface area contributed by atoms with E-state index < -0.39 is 5.97 Å². The molecule has 1 rings (SSSR count). The number of hydroxylamine groups is 2. The minimum Gasteiger partial charge on any atom is -0.478 e. The third kappa shape index (κ3) is 4.46. The van der Waals surface area contributed by atoms with Crippen LogP contribution >= 0.6 is 0 Å². The predicted molar refractivity (Wildman–Crippen MR) is 53.6 cm³/mol. The molecule has 1 aliphatic rings. The summed E-state index contributed by atoms with van der Waals surface area (Å²) in [6, 6.07) is -0.280. The lowest BCUT2D eigenvalue weighted by atomic mass is 10.4. The summed E-state index contributed by atoms with van der Waals surface area (Å²) in [7, 11) is 0. The fraction of sp³-hybridized carbons (Fsp3) is 0.556. The quantitative estimate of drug-likeness (QED) is 0.528. The number of amides is 2. The molecule has 2 N–H and O–H groups in total. The smallest absolute Gasteiger partial charge is 0.343 e. The molecule has 1 saturated heterocycles. The van der Waals surface area contributed by atoms with E-state index in [0.29, 0.717) is 19.6 Å². The van der Waals surface area contributed by atoms with Gasteiger partial charge in [0.15, 0.2) is 0 Å². The third-order valence-electron chi connectivity index (χ3n) is 1.82. The number of hydrogen-bond acceptors (Lipinski definition) is 3. The van der Waals surface area contributed by atoms with Gasteiger partial charge in [-0.15, -0.1) is 0 Å². The van der Waals surface area contributed by atoms with Gasteiger partial charge in [-0.05, 0) is 13.8 Å². The number of aliphatic carboxylic acids is 1. The van der Waals surface area contributed by atoms with Crippen LogP contribution in [0.25, 0.3) is 0 Å². The Bertz CT molecular complexity index is 253. The molecule has 0 bridgehead atoms. The van der Waals surface area contributed by atoms with Crippen molar-refractivity contribution in [3.63, 3.8) is 0 Å². The van der Waals surface area contributed by atoms with Crippen molar-refractivity contribution < 1.29 is 19.9 Å². The number of urea groups is 1. The zero-order chi connectivity index (χ0) is 12.0. The van der Waals surface area contributed by atoms with Crippen LogP contribution in [0.1, 0.15) is 13.8 Å². The van der Waals surface area contributed by atoms with Crippen LogP contribution in [0.15, 0.2) is 12.2 Å². The summed E-state index contributed by atoms with van der Waals surface area (Å²) in [5.41, 5.74) is 0.176. The maximum absolute atomic E-state index is 10.7. The Labute approximate surface area is 88.4 Å². The first-order valence-corrected chi connectivity index (χ1v) is 4.54. The fourth-order valence-electron chi connectivity index (χ4n) is 0.863.